The van der Waals surface area contributed by atoms with Crippen LogP contribution in [0.1, 0.15) is 84.0 Å². The predicted octanol–water partition coefficient (Wildman–Crippen LogP) is 3.78. The van der Waals surface area contributed by atoms with Crippen molar-refractivity contribution in [1.82, 2.24) is 10.6 Å². The lowest BCUT2D eigenvalue weighted by molar-refractivity contribution is -0.149. The second-order valence-electron chi connectivity index (χ2n) is 9.43. The monoisotopic (exact) mass is 458 g/mol. The van der Waals surface area contributed by atoms with Crippen LogP contribution in [0, 0.1) is 17.8 Å². The van der Waals surface area contributed by atoms with E-state index in [0.717, 1.165) is 45.1 Å². The summed E-state index contributed by atoms with van der Waals surface area (Å²) in [5.74, 6) is -0.523. The molecular formula is C24H43ClN2O4. The first-order valence-electron chi connectivity index (χ1n) is 12.4. The smallest absolute Gasteiger partial charge is 0.328 e. The molecule has 4 unspecified atom stereocenters. The highest BCUT2D eigenvalue weighted by Gasteiger charge is 2.40. The number of halogens is 1. The molecule has 2 saturated carbocycles. The molecule has 1 amide bonds. The Labute approximate surface area is 193 Å². The molecule has 2 aliphatic rings. The molecule has 0 saturated heterocycles. The van der Waals surface area contributed by atoms with Crippen molar-refractivity contribution in [2.24, 2.45) is 17.8 Å². The van der Waals surface area contributed by atoms with Crippen molar-refractivity contribution >= 4 is 23.5 Å². The highest BCUT2D eigenvalue weighted by atomic mass is 35.5. The van der Waals surface area contributed by atoms with Crippen LogP contribution in [0.15, 0.2) is 0 Å². The molecule has 0 aromatic carbocycles. The summed E-state index contributed by atoms with van der Waals surface area (Å²) in [5.41, 5.74) is 0. The molecule has 2 aliphatic carbocycles. The molecule has 0 aromatic heterocycles. The number of hydrogen-bond acceptors (Lipinski definition) is 5. The summed E-state index contributed by atoms with van der Waals surface area (Å²) in [6.07, 6.45) is 11.1. The molecule has 180 valence electrons. The van der Waals surface area contributed by atoms with Crippen LogP contribution < -0.4 is 10.6 Å². The molecule has 0 spiro atoms. The van der Waals surface area contributed by atoms with Crippen LogP contribution in [0.2, 0.25) is 0 Å². The summed E-state index contributed by atoms with van der Waals surface area (Å²) >= 11 is 6.64. The van der Waals surface area contributed by atoms with Crippen molar-refractivity contribution in [3.8, 4) is 0 Å². The van der Waals surface area contributed by atoms with E-state index in [4.69, 9.17) is 16.3 Å². The number of aliphatic hydroxyl groups excluding tert-OH is 1. The van der Waals surface area contributed by atoms with Crippen molar-refractivity contribution in [3.63, 3.8) is 0 Å². The summed E-state index contributed by atoms with van der Waals surface area (Å²) in [4.78, 5) is 25.5. The van der Waals surface area contributed by atoms with Gasteiger partial charge in [-0.2, -0.15) is 0 Å². The number of ether oxygens (including phenoxy) is 1. The molecule has 0 bridgehead atoms. The van der Waals surface area contributed by atoms with Crippen LogP contribution in [0.4, 0.5) is 0 Å². The van der Waals surface area contributed by atoms with Crippen LogP contribution in [0.25, 0.3) is 0 Å². The average molecular weight is 459 g/mol. The number of unbranched alkanes of at least 4 members (excludes halogenated alkanes) is 2. The van der Waals surface area contributed by atoms with E-state index in [-0.39, 0.29) is 23.2 Å². The Balaban J connectivity index is 1.88. The van der Waals surface area contributed by atoms with Gasteiger partial charge in [-0.25, -0.2) is 4.79 Å². The molecule has 0 aromatic rings. The van der Waals surface area contributed by atoms with E-state index < -0.39 is 18.1 Å². The van der Waals surface area contributed by atoms with Gasteiger partial charge in [0.25, 0.3) is 0 Å². The van der Waals surface area contributed by atoms with Crippen molar-refractivity contribution in [2.45, 2.75) is 101 Å². The molecule has 3 N–H and O–H groups in total. The molecule has 6 nitrogen and oxygen atoms in total. The zero-order valence-corrected chi connectivity index (χ0v) is 20.2. The van der Waals surface area contributed by atoms with Crippen LogP contribution >= 0.6 is 11.6 Å². The lowest BCUT2D eigenvalue weighted by Gasteiger charge is -2.36. The first kappa shape index (κ1) is 26.4. The maximum absolute atomic E-state index is 13.0. The molecule has 0 radical (unpaired) electrons. The van der Waals surface area contributed by atoms with Crippen LogP contribution in [-0.2, 0) is 14.3 Å². The molecular weight excluding hydrogens is 416 g/mol. The SMILES string of the molecule is CCOC(=O)[C@H](CC1CCCCC1)NC(=O)C1CC(Cl)C(CCCCCNC)CC1O. The van der Waals surface area contributed by atoms with E-state index in [1.165, 1.54) is 19.3 Å². The van der Waals surface area contributed by atoms with Crippen molar-refractivity contribution in [2.75, 3.05) is 20.2 Å². The van der Waals surface area contributed by atoms with Crippen molar-refractivity contribution in [3.05, 3.63) is 0 Å². The Hall–Kier alpha value is -0.850. The van der Waals surface area contributed by atoms with Crippen LogP contribution in [0.3, 0.4) is 0 Å². The number of carbonyl (C=O) groups is 2. The van der Waals surface area contributed by atoms with E-state index in [0.29, 0.717) is 31.8 Å². The zero-order chi connectivity index (χ0) is 22.6. The number of nitrogens with one attached hydrogen (secondary N) is 2. The molecule has 2 fully saturated rings. The number of rotatable bonds is 12. The minimum absolute atomic E-state index is 0.122. The third-order valence-electron chi connectivity index (χ3n) is 7.02. The summed E-state index contributed by atoms with van der Waals surface area (Å²) in [6, 6.07) is -0.638. The largest absolute Gasteiger partial charge is 0.464 e. The minimum Gasteiger partial charge on any atom is -0.464 e. The predicted molar refractivity (Wildman–Crippen MR) is 124 cm³/mol. The second-order valence-corrected chi connectivity index (χ2v) is 9.99. The summed E-state index contributed by atoms with van der Waals surface area (Å²) in [5, 5.41) is 16.6. The number of amides is 1. The average Bonchev–Trinajstić information content (AvgIpc) is 2.76. The van der Waals surface area contributed by atoms with Gasteiger partial charge < -0.3 is 20.5 Å². The Morgan fingerprint density at radius 2 is 1.87 bits per heavy atom. The van der Waals surface area contributed by atoms with Gasteiger partial charge in [0.05, 0.1) is 18.6 Å². The van der Waals surface area contributed by atoms with Gasteiger partial charge in [-0.05, 0) is 64.5 Å². The van der Waals surface area contributed by atoms with Gasteiger partial charge in [0.15, 0.2) is 0 Å². The number of alkyl halides is 1. The zero-order valence-electron chi connectivity index (χ0n) is 19.4. The van der Waals surface area contributed by atoms with E-state index in [9.17, 15) is 14.7 Å². The van der Waals surface area contributed by atoms with E-state index >= 15 is 0 Å². The first-order valence-corrected chi connectivity index (χ1v) is 12.8. The van der Waals surface area contributed by atoms with Crippen LogP contribution in [0.5, 0.6) is 0 Å². The molecule has 0 aliphatic heterocycles. The molecule has 31 heavy (non-hydrogen) atoms. The van der Waals surface area contributed by atoms with E-state index in [1.54, 1.807) is 6.92 Å². The maximum atomic E-state index is 13.0. The summed E-state index contributed by atoms with van der Waals surface area (Å²) < 4.78 is 5.22. The van der Waals surface area contributed by atoms with Gasteiger partial charge in [-0.1, -0.05) is 44.9 Å². The fraction of sp³-hybridized carbons (Fsp3) is 0.917. The lowest BCUT2D eigenvalue weighted by atomic mass is 9.76. The summed E-state index contributed by atoms with van der Waals surface area (Å²) in [7, 11) is 1.96. The third-order valence-corrected chi connectivity index (χ3v) is 7.55. The highest BCUT2D eigenvalue weighted by Crippen LogP contribution is 2.36. The number of carbonyl (C=O) groups excluding carboxylic acids is 2. The van der Waals surface area contributed by atoms with Gasteiger partial charge in [0, 0.05) is 5.38 Å². The second kappa shape index (κ2) is 14.3. The van der Waals surface area contributed by atoms with Gasteiger partial charge in [-0.3, -0.25) is 4.79 Å². The molecule has 7 heteroatoms. The standard InChI is InChI=1S/C24H43ClN2O4/c1-3-31-24(30)21(14-17-10-6-4-7-11-17)27-23(29)19-16-20(25)18(15-22(19)28)12-8-5-9-13-26-2/h17-22,26,28H,3-16H2,1-2H3,(H,27,29)/t18?,19?,20?,21-,22?/m0/s1. The highest BCUT2D eigenvalue weighted by molar-refractivity contribution is 6.21. The molecule has 0 heterocycles. The Morgan fingerprint density at radius 1 is 1.13 bits per heavy atom. The topological polar surface area (TPSA) is 87.7 Å². The maximum Gasteiger partial charge on any atom is 0.328 e. The third kappa shape index (κ3) is 8.89. The fourth-order valence-corrected chi connectivity index (χ4v) is 5.59. The Bertz CT molecular complexity index is 542. The van der Waals surface area contributed by atoms with Crippen LogP contribution in [-0.4, -0.2) is 54.7 Å². The quantitative estimate of drug-likeness (QED) is 0.235. The minimum atomic E-state index is -0.713. The number of hydrogen-bond donors (Lipinski definition) is 3. The van der Waals surface area contributed by atoms with E-state index in [1.807, 2.05) is 7.05 Å². The normalized spacial score (nSPS) is 28.1. The first-order chi connectivity index (χ1) is 15.0. The van der Waals surface area contributed by atoms with Crippen molar-refractivity contribution < 1.29 is 19.4 Å². The molecule has 2 rings (SSSR count). The van der Waals surface area contributed by atoms with Gasteiger partial charge in [0.1, 0.15) is 6.04 Å². The lowest BCUT2D eigenvalue weighted by Crippen LogP contribution is -2.50. The van der Waals surface area contributed by atoms with Gasteiger partial charge in [-0.15, -0.1) is 11.6 Å². The van der Waals surface area contributed by atoms with E-state index in [2.05, 4.69) is 10.6 Å². The number of aliphatic hydroxyl groups is 1. The van der Waals surface area contributed by atoms with Crippen molar-refractivity contribution in [1.29, 1.82) is 0 Å². The van der Waals surface area contributed by atoms with Gasteiger partial charge in [0.2, 0.25) is 5.91 Å². The fourth-order valence-electron chi connectivity index (χ4n) is 5.17. The Kier molecular flexibility index (Phi) is 12.2. The van der Waals surface area contributed by atoms with Gasteiger partial charge >= 0.3 is 5.97 Å². The summed E-state index contributed by atoms with van der Waals surface area (Å²) in [6.45, 7) is 3.09. The number of esters is 1. The Morgan fingerprint density at radius 3 is 2.55 bits per heavy atom. The molecule has 5 atom stereocenters.